The van der Waals surface area contributed by atoms with Gasteiger partial charge < -0.3 is 5.32 Å². The molecule has 0 aliphatic carbocycles. The van der Waals surface area contributed by atoms with Gasteiger partial charge in [0.2, 0.25) is 0 Å². The molecular weight excluding hydrogens is 326 g/mol. The summed E-state index contributed by atoms with van der Waals surface area (Å²) in [6, 6.07) is 4.18. The quantitative estimate of drug-likeness (QED) is 0.906. The molecule has 6 heteroatoms. The number of thiophene rings is 1. The topological polar surface area (TPSA) is 46.9 Å². The van der Waals surface area contributed by atoms with Gasteiger partial charge in [-0.25, -0.2) is 4.68 Å². The summed E-state index contributed by atoms with van der Waals surface area (Å²) in [6.07, 6.45) is 2.59. The minimum Gasteiger partial charge on any atom is -0.378 e. The summed E-state index contributed by atoms with van der Waals surface area (Å²) < 4.78 is 2.02. The highest BCUT2D eigenvalue weighted by Crippen LogP contribution is 2.20. The van der Waals surface area contributed by atoms with Crippen molar-refractivity contribution in [3.05, 3.63) is 42.9 Å². The molecule has 19 heavy (non-hydrogen) atoms. The van der Waals surface area contributed by atoms with Gasteiger partial charge in [0.25, 0.3) is 5.56 Å². The average molecular weight is 342 g/mol. The van der Waals surface area contributed by atoms with Gasteiger partial charge in [-0.2, -0.15) is 5.10 Å². The van der Waals surface area contributed by atoms with Crippen molar-refractivity contribution in [2.45, 2.75) is 33.4 Å². The van der Waals surface area contributed by atoms with Crippen molar-refractivity contribution in [1.29, 1.82) is 0 Å². The maximum Gasteiger partial charge on any atom is 0.283 e. The van der Waals surface area contributed by atoms with Gasteiger partial charge in [0.15, 0.2) is 0 Å². The van der Waals surface area contributed by atoms with Gasteiger partial charge in [0.05, 0.1) is 11.9 Å². The number of nitrogens with zero attached hydrogens (tertiary/aromatic N) is 2. The maximum absolute atomic E-state index is 12.0. The highest BCUT2D eigenvalue weighted by Gasteiger charge is 2.08. The van der Waals surface area contributed by atoms with Crippen LogP contribution in [0.1, 0.15) is 23.1 Å². The fourth-order valence-electron chi connectivity index (χ4n) is 1.72. The molecule has 1 N–H and O–H groups in total. The third kappa shape index (κ3) is 3.45. The van der Waals surface area contributed by atoms with Crippen molar-refractivity contribution in [3.63, 3.8) is 0 Å². The normalized spacial score (nSPS) is 10.7. The molecule has 0 aromatic carbocycles. The van der Waals surface area contributed by atoms with Crippen LogP contribution >= 0.6 is 27.3 Å². The zero-order chi connectivity index (χ0) is 13.8. The van der Waals surface area contributed by atoms with Crippen LogP contribution in [0.15, 0.2) is 27.6 Å². The largest absolute Gasteiger partial charge is 0.378 e. The molecule has 0 aliphatic heterocycles. The molecular formula is C13H16BrN3OS. The molecule has 0 atom stereocenters. The van der Waals surface area contributed by atoms with Crippen LogP contribution < -0.4 is 10.9 Å². The zero-order valence-corrected chi connectivity index (χ0v) is 13.3. The Morgan fingerprint density at radius 1 is 1.47 bits per heavy atom. The van der Waals surface area contributed by atoms with E-state index in [1.807, 2.05) is 6.92 Å². The first-order chi connectivity index (χ1) is 9.11. The Kier molecular flexibility index (Phi) is 4.76. The first-order valence-corrected chi connectivity index (χ1v) is 7.77. The van der Waals surface area contributed by atoms with Crippen molar-refractivity contribution in [1.82, 2.24) is 9.78 Å². The zero-order valence-electron chi connectivity index (χ0n) is 10.9. The van der Waals surface area contributed by atoms with Gasteiger partial charge in [0.1, 0.15) is 4.47 Å². The van der Waals surface area contributed by atoms with Gasteiger partial charge in [-0.05, 0) is 41.4 Å². The van der Waals surface area contributed by atoms with Crippen LogP contribution in [0.25, 0.3) is 0 Å². The molecule has 2 heterocycles. The van der Waals surface area contributed by atoms with Crippen LogP contribution in [0.3, 0.4) is 0 Å². The van der Waals surface area contributed by atoms with Crippen LogP contribution in [0.2, 0.25) is 0 Å². The highest BCUT2D eigenvalue weighted by atomic mass is 79.9. The number of hydrogen-bond donors (Lipinski definition) is 1. The number of aryl methyl sites for hydroxylation is 2. The van der Waals surface area contributed by atoms with E-state index in [9.17, 15) is 4.79 Å². The van der Waals surface area contributed by atoms with Gasteiger partial charge in [-0.15, -0.1) is 11.3 Å². The lowest BCUT2D eigenvalue weighted by Gasteiger charge is -2.09. The van der Waals surface area contributed by atoms with Crippen LogP contribution in [-0.4, -0.2) is 9.78 Å². The molecule has 102 valence electrons. The lowest BCUT2D eigenvalue weighted by molar-refractivity contribution is 0.566. The molecule has 0 bridgehead atoms. The number of nitrogens with one attached hydrogen (secondary N) is 1. The summed E-state index contributed by atoms with van der Waals surface area (Å²) in [5, 5.41) is 7.40. The summed E-state index contributed by atoms with van der Waals surface area (Å²) in [5.41, 5.74) is 0.651. The smallest absolute Gasteiger partial charge is 0.283 e. The van der Waals surface area contributed by atoms with Gasteiger partial charge in [-0.3, -0.25) is 4.79 Å². The second-order valence-electron chi connectivity index (χ2n) is 4.27. The Balaban J connectivity index is 2.13. The summed E-state index contributed by atoms with van der Waals surface area (Å²) in [7, 11) is 0. The summed E-state index contributed by atoms with van der Waals surface area (Å²) >= 11 is 5.09. The van der Waals surface area contributed by atoms with Gasteiger partial charge in [0, 0.05) is 22.8 Å². The maximum atomic E-state index is 12.0. The predicted molar refractivity (Wildman–Crippen MR) is 82.9 cm³/mol. The predicted octanol–water partition coefficient (Wildman–Crippen LogP) is 3.40. The summed E-state index contributed by atoms with van der Waals surface area (Å²) in [5.74, 6) is 0. The Bertz CT molecular complexity index is 621. The molecule has 0 spiro atoms. The Morgan fingerprint density at radius 2 is 2.26 bits per heavy atom. The van der Waals surface area contributed by atoms with Crippen molar-refractivity contribution in [3.8, 4) is 0 Å². The fraction of sp³-hybridized carbons (Fsp3) is 0.385. The van der Waals surface area contributed by atoms with Crippen molar-refractivity contribution >= 4 is 33.0 Å². The molecule has 0 amide bonds. The number of rotatable bonds is 5. The minimum atomic E-state index is -0.0887. The minimum absolute atomic E-state index is 0.0887. The first-order valence-electron chi connectivity index (χ1n) is 6.16. The second kappa shape index (κ2) is 6.34. The number of anilines is 1. The summed E-state index contributed by atoms with van der Waals surface area (Å²) in [6.45, 7) is 5.45. The van der Waals surface area contributed by atoms with Gasteiger partial charge >= 0.3 is 0 Å². The van der Waals surface area contributed by atoms with E-state index < -0.39 is 0 Å². The van der Waals surface area contributed by atoms with E-state index in [0.717, 1.165) is 12.1 Å². The molecule has 0 saturated carbocycles. The van der Waals surface area contributed by atoms with Crippen LogP contribution in [0, 0.1) is 6.92 Å². The van der Waals surface area contributed by atoms with E-state index in [2.05, 4.69) is 45.4 Å². The average Bonchev–Trinajstić information content (AvgIpc) is 2.80. The summed E-state index contributed by atoms with van der Waals surface area (Å²) in [4.78, 5) is 14.5. The van der Waals surface area contributed by atoms with E-state index in [1.165, 1.54) is 14.4 Å². The second-order valence-corrected chi connectivity index (χ2v) is 6.43. The molecule has 2 aromatic heterocycles. The number of hydrogen-bond acceptors (Lipinski definition) is 4. The van der Waals surface area contributed by atoms with Crippen LogP contribution in [-0.2, 0) is 13.1 Å². The Labute approximate surface area is 124 Å². The van der Waals surface area contributed by atoms with E-state index in [0.29, 0.717) is 17.6 Å². The van der Waals surface area contributed by atoms with E-state index in [4.69, 9.17) is 0 Å². The molecule has 2 aromatic rings. The highest BCUT2D eigenvalue weighted by molar-refractivity contribution is 9.10. The molecule has 0 unspecified atom stereocenters. The molecule has 2 rings (SSSR count). The monoisotopic (exact) mass is 341 g/mol. The third-order valence-corrected chi connectivity index (χ3v) is 4.44. The molecule has 0 fully saturated rings. The van der Waals surface area contributed by atoms with Crippen molar-refractivity contribution < 1.29 is 0 Å². The lowest BCUT2D eigenvalue weighted by atomic mass is 10.4. The van der Waals surface area contributed by atoms with E-state index >= 15 is 0 Å². The lowest BCUT2D eigenvalue weighted by Crippen LogP contribution is -2.24. The number of halogens is 1. The van der Waals surface area contributed by atoms with Gasteiger partial charge in [-0.1, -0.05) is 6.92 Å². The first kappa shape index (κ1) is 14.3. The van der Waals surface area contributed by atoms with Crippen molar-refractivity contribution in [2.75, 3.05) is 5.32 Å². The standard InChI is InChI=1S/C13H16BrN3OS/c1-3-6-17-13(18)12(14)11(8-16-17)15-7-10-5-4-9(2)19-10/h4-5,8,15H,3,6-7H2,1-2H3. The molecule has 0 aliphatic rings. The fourth-order valence-corrected chi connectivity index (χ4v) is 3.00. The molecule has 4 nitrogen and oxygen atoms in total. The van der Waals surface area contributed by atoms with E-state index in [1.54, 1.807) is 17.5 Å². The molecule has 0 saturated heterocycles. The van der Waals surface area contributed by atoms with Crippen molar-refractivity contribution in [2.24, 2.45) is 0 Å². The third-order valence-electron chi connectivity index (χ3n) is 2.67. The van der Waals surface area contributed by atoms with Crippen LogP contribution in [0.4, 0.5) is 5.69 Å². The Morgan fingerprint density at radius 3 is 2.89 bits per heavy atom. The SMILES string of the molecule is CCCn1ncc(NCc2ccc(C)s2)c(Br)c1=O. The van der Waals surface area contributed by atoms with E-state index in [-0.39, 0.29) is 5.56 Å². The Hall–Kier alpha value is -1.14. The molecule has 0 radical (unpaired) electrons. The van der Waals surface area contributed by atoms with Crippen LogP contribution in [0.5, 0.6) is 0 Å². The number of aromatic nitrogens is 2.